The fourth-order valence-corrected chi connectivity index (χ4v) is 2.64. The van der Waals surface area contributed by atoms with Gasteiger partial charge in [0.05, 0.1) is 11.9 Å². The molecule has 4 aromatic rings. The molecule has 0 saturated carbocycles. The molecule has 1 aromatic carbocycles. The topological polar surface area (TPSA) is 60.0 Å². The van der Waals surface area contributed by atoms with E-state index in [1.54, 1.807) is 21.3 Å². The van der Waals surface area contributed by atoms with Crippen molar-refractivity contribution in [3.05, 3.63) is 54.6 Å². The van der Waals surface area contributed by atoms with Gasteiger partial charge < -0.3 is 5.32 Å². The highest BCUT2D eigenvalue weighted by Gasteiger charge is 2.14. The van der Waals surface area contributed by atoms with Crippen LogP contribution >= 0.6 is 0 Å². The summed E-state index contributed by atoms with van der Waals surface area (Å²) in [6.45, 7) is 0. The van der Waals surface area contributed by atoms with Crippen molar-refractivity contribution in [2.75, 3.05) is 12.4 Å². The summed E-state index contributed by atoms with van der Waals surface area (Å²) in [5.41, 5.74) is 4.02. The second-order valence-corrected chi connectivity index (χ2v) is 5.47. The highest BCUT2D eigenvalue weighted by Crippen LogP contribution is 2.30. The van der Waals surface area contributed by atoms with Gasteiger partial charge >= 0.3 is 0 Å². The Balaban J connectivity index is 1.85. The van der Waals surface area contributed by atoms with Crippen LogP contribution in [0.2, 0.25) is 0 Å². The minimum Gasteiger partial charge on any atom is -0.372 e. The van der Waals surface area contributed by atoms with Crippen LogP contribution in [-0.2, 0) is 7.05 Å². The van der Waals surface area contributed by atoms with E-state index in [1.807, 2.05) is 38.6 Å². The van der Waals surface area contributed by atoms with Gasteiger partial charge in [-0.05, 0) is 36.4 Å². The maximum atomic E-state index is 13.2. The zero-order chi connectivity index (χ0) is 16.7. The molecule has 0 aliphatic heterocycles. The quantitative estimate of drug-likeness (QED) is 0.630. The van der Waals surface area contributed by atoms with Crippen LogP contribution in [-0.4, -0.2) is 31.4 Å². The number of nitrogens with one attached hydrogen (secondary N) is 1. The van der Waals surface area contributed by atoms with Crippen molar-refractivity contribution in [3.63, 3.8) is 0 Å². The predicted molar refractivity (Wildman–Crippen MR) is 90.1 cm³/mol. The molecule has 0 radical (unpaired) electrons. The Kier molecular flexibility index (Phi) is 3.26. The van der Waals surface area contributed by atoms with Crippen molar-refractivity contribution in [2.24, 2.45) is 7.05 Å². The van der Waals surface area contributed by atoms with Crippen LogP contribution < -0.4 is 5.32 Å². The van der Waals surface area contributed by atoms with Crippen LogP contribution in [0.5, 0.6) is 0 Å². The number of aryl methyl sites for hydroxylation is 1. The highest BCUT2D eigenvalue weighted by atomic mass is 19.1. The third-order valence-corrected chi connectivity index (χ3v) is 3.80. The summed E-state index contributed by atoms with van der Waals surface area (Å²) >= 11 is 0. The van der Waals surface area contributed by atoms with Crippen molar-refractivity contribution < 1.29 is 4.39 Å². The largest absolute Gasteiger partial charge is 0.372 e. The number of nitrogens with zero attached hydrogens (tertiary/aromatic N) is 5. The Morgan fingerprint density at radius 3 is 2.54 bits per heavy atom. The first kappa shape index (κ1) is 14.4. The summed E-state index contributed by atoms with van der Waals surface area (Å²) in [5.74, 6) is 0.485. The lowest BCUT2D eigenvalue weighted by Gasteiger charge is -2.03. The first-order valence-corrected chi connectivity index (χ1v) is 7.48. The van der Waals surface area contributed by atoms with E-state index in [2.05, 4.69) is 20.5 Å². The number of halogens is 1. The van der Waals surface area contributed by atoms with Crippen LogP contribution in [0.4, 0.5) is 10.2 Å². The molecular weight excluding hydrogens is 307 g/mol. The molecule has 0 amide bonds. The molecule has 0 atom stereocenters. The smallest absolute Gasteiger partial charge is 0.156 e. The van der Waals surface area contributed by atoms with Crippen molar-refractivity contribution in [3.8, 4) is 22.5 Å². The second-order valence-electron chi connectivity index (χ2n) is 5.47. The van der Waals surface area contributed by atoms with E-state index in [0.717, 1.165) is 34.0 Å². The van der Waals surface area contributed by atoms with Gasteiger partial charge in [0.2, 0.25) is 0 Å². The lowest BCUT2D eigenvalue weighted by Crippen LogP contribution is -1.93. The Bertz CT molecular complexity index is 1020. The van der Waals surface area contributed by atoms with E-state index < -0.39 is 0 Å². The number of imidazole rings is 1. The van der Waals surface area contributed by atoms with E-state index in [-0.39, 0.29) is 5.82 Å². The number of benzene rings is 1. The predicted octanol–water partition coefficient (Wildman–Crippen LogP) is 2.98. The number of anilines is 1. The molecule has 0 fully saturated rings. The Morgan fingerprint density at radius 1 is 1.00 bits per heavy atom. The fraction of sp³-hybridized carbons (Fsp3) is 0.118. The molecule has 3 aromatic heterocycles. The van der Waals surface area contributed by atoms with Gasteiger partial charge in [0.25, 0.3) is 0 Å². The minimum atomic E-state index is -0.270. The Morgan fingerprint density at radius 2 is 1.79 bits per heavy atom. The summed E-state index contributed by atoms with van der Waals surface area (Å²) in [6, 6.07) is 10.1. The zero-order valence-electron chi connectivity index (χ0n) is 13.2. The van der Waals surface area contributed by atoms with Gasteiger partial charge in [0, 0.05) is 31.4 Å². The van der Waals surface area contributed by atoms with Crippen LogP contribution in [0.1, 0.15) is 0 Å². The third-order valence-electron chi connectivity index (χ3n) is 3.80. The summed E-state index contributed by atoms with van der Waals surface area (Å²) in [4.78, 5) is 4.39. The van der Waals surface area contributed by atoms with Crippen molar-refractivity contribution >= 4 is 11.5 Å². The summed E-state index contributed by atoms with van der Waals surface area (Å²) in [7, 11) is 3.67. The fourth-order valence-electron chi connectivity index (χ4n) is 2.64. The molecule has 0 saturated heterocycles. The normalized spacial score (nSPS) is 11.1. The third kappa shape index (κ3) is 2.40. The standard InChI is InChI=1S/C17H15FN6/c1-19-15-10-24-16(20-15)8-7-14(21-24)13-9-23(2)22-17(13)11-3-5-12(18)6-4-11/h3-10,19H,1-2H3. The van der Waals surface area contributed by atoms with Gasteiger partial charge in [0.15, 0.2) is 5.65 Å². The van der Waals surface area contributed by atoms with E-state index in [1.165, 1.54) is 12.1 Å². The maximum absolute atomic E-state index is 13.2. The van der Waals surface area contributed by atoms with Gasteiger partial charge in [-0.1, -0.05) is 0 Å². The van der Waals surface area contributed by atoms with Crippen LogP contribution in [0.3, 0.4) is 0 Å². The highest BCUT2D eigenvalue weighted by molar-refractivity contribution is 5.78. The first-order chi connectivity index (χ1) is 11.6. The number of hydrogen-bond acceptors (Lipinski definition) is 4. The molecule has 0 aliphatic rings. The molecule has 0 aliphatic carbocycles. The lowest BCUT2D eigenvalue weighted by atomic mass is 10.1. The Labute approximate surface area is 137 Å². The second kappa shape index (κ2) is 5.45. The first-order valence-electron chi connectivity index (χ1n) is 7.48. The molecule has 0 spiro atoms. The van der Waals surface area contributed by atoms with Crippen molar-refractivity contribution in [1.82, 2.24) is 24.4 Å². The zero-order valence-corrected chi connectivity index (χ0v) is 13.2. The number of rotatable bonds is 3. The molecule has 4 rings (SSSR count). The van der Waals surface area contributed by atoms with Gasteiger partial charge in [-0.25, -0.2) is 13.9 Å². The van der Waals surface area contributed by atoms with Crippen LogP contribution in [0.25, 0.3) is 28.2 Å². The average Bonchev–Trinajstić information content (AvgIpc) is 3.17. The summed E-state index contributed by atoms with van der Waals surface area (Å²) < 4.78 is 16.6. The molecule has 0 unspecified atom stereocenters. The van der Waals surface area contributed by atoms with E-state index in [9.17, 15) is 4.39 Å². The van der Waals surface area contributed by atoms with Crippen molar-refractivity contribution in [2.45, 2.75) is 0 Å². The van der Waals surface area contributed by atoms with Crippen LogP contribution in [0.15, 0.2) is 48.8 Å². The van der Waals surface area contributed by atoms with Crippen molar-refractivity contribution in [1.29, 1.82) is 0 Å². The monoisotopic (exact) mass is 322 g/mol. The SMILES string of the molecule is CNc1cn2nc(-c3cn(C)nc3-c3ccc(F)cc3)ccc2n1. The van der Waals surface area contributed by atoms with E-state index >= 15 is 0 Å². The lowest BCUT2D eigenvalue weighted by molar-refractivity contribution is 0.628. The number of hydrogen-bond donors (Lipinski definition) is 1. The van der Waals surface area contributed by atoms with Gasteiger partial charge in [-0.15, -0.1) is 0 Å². The molecule has 6 nitrogen and oxygen atoms in total. The van der Waals surface area contributed by atoms with Gasteiger partial charge in [-0.3, -0.25) is 4.68 Å². The van der Waals surface area contributed by atoms with Gasteiger partial charge in [0.1, 0.15) is 17.3 Å². The average molecular weight is 322 g/mol. The molecular formula is C17H15FN6. The number of aromatic nitrogens is 5. The maximum Gasteiger partial charge on any atom is 0.156 e. The molecule has 24 heavy (non-hydrogen) atoms. The van der Waals surface area contributed by atoms with E-state index in [4.69, 9.17) is 0 Å². The van der Waals surface area contributed by atoms with E-state index in [0.29, 0.717) is 0 Å². The summed E-state index contributed by atoms with van der Waals surface area (Å²) in [6.07, 6.45) is 3.73. The summed E-state index contributed by atoms with van der Waals surface area (Å²) in [5, 5.41) is 12.1. The van der Waals surface area contributed by atoms with Gasteiger partial charge in [-0.2, -0.15) is 10.2 Å². The number of fused-ring (bicyclic) bond motifs is 1. The van der Waals surface area contributed by atoms with Crippen LogP contribution in [0, 0.1) is 5.82 Å². The molecule has 0 bridgehead atoms. The molecule has 3 heterocycles. The molecule has 120 valence electrons. The Hall–Kier alpha value is -3.22. The minimum absolute atomic E-state index is 0.270. The molecule has 1 N–H and O–H groups in total. The molecule has 7 heteroatoms.